The van der Waals surface area contributed by atoms with Crippen LogP contribution in [0.5, 0.6) is 6.01 Å². The summed E-state index contributed by atoms with van der Waals surface area (Å²) in [6.07, 6.45) is 1.06. The number of rotatable bonds is 5. The Balaban J connectivity index is 1.48. The average Bonchev–Trinajstić information content (AvgIpc) is 2.86. The van der Waals surface area contributed by atoms with Gasteiger partial charge >= 0.3 is 12.1 Å². The monoisotopic (exact) mass is 539 g/mol. The predicted molar refractivity (Wildman–Crippen MR) is 141 cm³/mol. The molecule has 2 aromatic heterocycles. The summed E-state index contributed by atoms with van der Waals surface area (Å²) in [6, 6.07) is 7.13. The predicted octanol–water partition coefficient (Wildman–Crippen LogP) is 5.57. The summed E-state index contributed by atoms with van der Waals surface area (Å²) in [5, 5.41) is 0.671. The maximum Gasteiger partial charge on any atom is 0.410 e. The molecule has 1 saturated heterocycles. The third-order valence-corrected chi connectivity index (χ3v) is 6.52. The summed E-state index contributed by atoms with van der Waals surface area (Å²) in [4.78, 5) is 28.7. The molecule has 0 radical (unpaired) electrons. The molecule has 2 aromatic carbocycles. The van der Waals surface area contributed by atoms with Crippen molar-refractivity contribution >= 4 is 33.6 Å². The molecule has 0 saturated carbocycles. The number of halogens is 3. The molecular formula is C28H28F3N5O3. The van der Waals surface area contributed by atoms with Crippen LogP contribution in [0.3, 0.4) is 0 Å². The second kappa shape index (κ2) is 9.87. The van der Waals surface area contributed by atoms with Crippen LogP contribution in [0.1, 0.15) is 20.8 Å². The highest BCUT2D eigenvalue weighted by atomic mass is 19.2. The van der Waals surface area contributed by atoms with Gasteiger partial charge in [-0.05, 0) is 32.2 Å². The lowest BCUT2D eigenvalue weighted by atomic mass is 9.99. The molecule has 39 heavy (non-hydrogen) atoms. The number of pyridine rings is 1. The minimum Gasteiger partial charge on any atom is -0.467 e. The van der Waals surface area contributed by atoms with Crippen LogP contribution in [0.4, 0.5) is 23.8 Å². The quantitative estimate of drug-likeness (QED) is 0.328. The molecule has 3 heterocycles. The van der Waals surface area contributed by atoms with Crippen molar-refractivity contribution in [3.63, 3.8) is 0 Å². The molecule has 1 amide bonds. The lowest BCUT2D eigenvalue weighted by Crippen LogP contribution is -2.54. The van der Waals surface area contributed by atoms with Crippen LogP contribution in [-0.4, -0.2) is 65.3 Å². The Labute approximate surface area is 223 Å². The maximum atomic E-state index is 16.0. The number of anilines is 1. The Kier molecular flexibility index (Phi) is 6.69. The number of likely N-dealkylation sites (tertiary alicyclic amines) is 1. The zero-order valence-electron chi connectivity index (χ0n) is 22.3. The minimum atomic E-state index is -1.08. The summed E-state index contributed by atoms with van der Waals surface area (Å²) < 4.78 is 55.5. The van der Waals surface area contributed by atoms with E-state index < -0.39 is 23.1 Å². The first-order valence-electron chi connectivity index (χ1n) is 12.4. The van der Waals surface area contributed by atoms with Crippen molar-refractivity contribution in [2.24, 2.45) is 5.92 Å². The van der Waals surface area contributed by atoms with E-state index in [0.717, 1.165) is 6.07 Å². The number of benzene rings is 2. The normalized spacial score (nSPS) is 14.0. The van der Waals surface area contributed by atoms with Gasteiger partial charge in [0.1, 0.15) is 22.6 Å². The van der Waals surface area contributed by atoms with E-state index in [2.05, 4.69) is 15.0 Å². The van der Waals surface area contributed by atoms with Gasteiger partial charge in [0.25, 0.3) is 0 Å². The number of ether oxygens (including phenoxy) is 2. The fourth-order valence-corrected chi connectivity index (χ4v) is 4.73. The van der Waals surface area contributed by atoms with Crippen molar-refractivity contribution in [1.29, 1.82) is 0 Å². The largest absolute Gasteiger partial charge is 0.467 e. The summed E-state index contributed by atoms with van der Waals surface area (Å²) in [7, 11) is 3.17. The molecule has 11 heteroatoms. The number of nitrogens with zero attached hydrogens (tertiary/aromatic N) is 5. The number of fused-ring (bicyclic) bond motifs is 2. The molecule has 1 aliphatic heterocycles. The van der Waals surface area contributed by atoms with E-state index in [1.54, 1.807) is 24.1 Å². The van der Waals surface area contributed by atoms with Crippen molar-refractivity contribution in [3.8, 4) is 17.3 Å². The number of hydrogen-bond acceptors (Lipinski definition) is 7. The number of carbonyl (C=O) groups is 1. The molecule has 1 fully saturated rings. The fraction of sp³-hybridized carbons (Fsp3) is 0.357. The first kappa shape index (κ1) is 26.5. The van der Waals surface area contributed by atoms with Crippen molar-refractivity contribution in [1.82, 2.24) is 19.9 Å². The van der Waals surface area contributed by atoms with Gasteiger partial charge in [0.05, 0.1) is 12.5 Å². The third kappa shape index (κ3) is 5.00. The molecule has 8 nitrogen and oxygen atoms in total. The number of carbonyl (C=O) groups excluding carboxylic acids is 1. The number of aromatic nitrogens is 3. The highest BCUT2D eigenvalue weighted by Crippen LogP contribution is 2.36. The van der Waals surface area contributed by atoms with Crippen molar-refractivity contribution < 1.29 is 27.4 Å². The van der Waals surface area contributed by atoms with Crippen molar-refractivity contribution in [2.75, 3.05) is 38.7 Å². The van der Waals surface area contributed by atoms with Gasteiger partial charge in [-0.1, -0.05) is 24.3 Å². The Hall–Kier alpha value is -4.15. The number of hydrogen-bond donors (Lipinski definition) is 0. The number of amides is 1. The van der Waals surface area contributed by atoms with E-state index in [-0.39, 0.29) is 40.2 Å². The molecule has 204 valence electrons. The molecule has 0 unspecified atom stereocenters. The molecule has 0 atom stereocenters. The van der Waals surface area contributed by atoms with Gasteiger partial charge in [0.2, 0.25) is 0 Å². The zero-order chi connectivity index (χ0) is 28.1. The molecular weight excluding hydrogens is 511 g/mol. The van der Waals surface area contributed by atoms with E-state index in [1.807, 2.05) is 25.7 Å². The van der Waals surface area contributed by atoms with E-state index in [0.29, 0.717) is 36.2 Å². The van der Waals surface area contributed by atoms with Gasteiger partial charge in [0.15, 0.2) is 17.5 Å². The van der Waals surface area contributed by atoms with Crippen LogP contribution >= 0.6 is 0 Å². The summed E-state index contributed by atoms with van der Waals surface area (Å²) >= 11 is 0. The zero-order valence-corrected chi connectivity index (χ0v) is 22.3. The highest BCUT2D eigenvalue weighted by Gasteiger charge is 2.35. The van der Waals surface area contributed by atoms with E-state index in [9.17, 15) is 13.6 Å². The van der Waals surface area contributed by atoms with Crippen molar-refractivity contribution in [2.45, 2.75) is 26.4 Å². The van der Waals surface area contributed by atoms with Gasteiger partial charge in [0, 0.05) is 49.7 Å². The van der Waals surface area contributed by atoms with E-state index >= 15 is 4.39 Å². The van der Waals surface area contributed by atoms with Crippen LogP contribution in [0.15, 0.2) is 36.5 Å². The van der Waals surface area contributed by atoms with Gasteiger partial charge in [-0.15, -0.1) is 0 Å². The molecule has 0 spiro atoms. The van der Waals surface area contributed by atoms with E-state index in [4.69, 9.17) is 9.47 Å². The standard InChI is InChI=1S/C28H28F3N5O3/c1-28(2,3)39-27(37)36-13-15(14-36)12-35(4)25-18-11-32-23(22(31)24(18)33-26(34-25)38-5)17-8-6-7-16-9-10-19(29)21(30)20(16)17/h6-11,15H,12-14H2,1-5H3. The minimum absolute atomic E-state index is 0.0560. The van der Waals surface area contributed by atoms with E-state index in [1.165, 1.54) is 25.4 Å². The fourth-order valence-electron chi connectivity index (χ4n) is 4.73. The topological polar surface area (TPSA) is 80.7 Å². The second-order valence-electron chi connectivity index (χ2n) is 10.6. The summed E-state index contributed by atoms with van der Waals surface area (Å²) in [5.74, 6) is -2.39. The van der Waals surface area contributed by atoms with Crippen LogP contribution in [0, 0.1) is 23.4 Å². The molecule has 5 rings (SSSR count). The Morgan fingerprint density at radius 3 is 2.54 bits per heavy atom. The van der Waals surface area contributed by atoms with Crippen LogP contribution in [-0.2, 0) is 4.74 Å². The first-order valence-corrected chi connectivity index (χ1v) is 12.4. The molecule has 1 aliphatic rings. The Bertz CT molecular complexity index is 1590. The molecule has 0 bridgehead atoms. The molecule has 4 aromatic rings. The molecule has 0 aliphatic carbocycles. The summed E-state index contributed by atoms with van der Waals surface area (Å²) in [6.45, 7) is 7.00. The third-order valence-electron chi connectivity index (χ3n) is 6.52. The Morgan fingerprint density at radius 1 is 1.10 bits per heavy atom. The maximum absolute atomic E-state index is 16.0. The van der Waals surface area contributed by atoms with Crippen LogP contribution in [0.25, 0.3) is 32.9 Å². The van der Waals surface area contributed by atoms with Gasteiger partial charge in [-0.25, -0.2) is 18.0 Å². The van der Waals surface area contributed by atoms with Gasteiger partial charge in [-0.3, -0.25) is 4.98 Å². The molecule has 0 N–H and O–H groups in total. The lowest BCUT2D eigenvalue weighted by Gasteiger charge is -2.41. The van der Waals surface area contributed by atoms with Crippen LogP contribution in [0.2, 0.25) is 0 Å². The van der Waals surface area contributed by atoms with Crippen LogP contribution < -0.4 is 9.64 Å². The summed E-state index contributed by atoms with van der Waals surface area (Å²) in [5.41, 5.74) is -0.698. The lowest BCUT2D eigenvalue weighted by molar-refractivity contribution is 0.000178. The first-order chi connectivity index (χ1) is 18.5. The SMILES string of the molecule is COc1nc(N(C)CC2CN(C(=O)OC(C)(C)C)C2)c2cnc(-c3cccc4ccc(F)c(F)c34)c(F)c2n1. The van der Waals surface area contributed by atoms with Crippen molar-refractivity contribution in [3.05, 3.63) is 54.0 Å². The average molecular weight is 540 g/mol. The number of methoxy groups -OCH3 is 1. The second-order valence-corrected chi connectivity index (χ2v) is 10.6. The van der Waals surface area contributed by atoms with Gasteiger partial charge < -0.3 is 19.3 Å². The van der Waals surface area contributed by atoms with Gasteiger partial charge in [-0.2, -0.15) is 9.97 Å². The Morgan fingerprint density at radius 2 is 1.85 bits per heavy atom. The smallest absolute Gasteiger partial charge is 0.410 e. The highest BCUT2D eigenvalue weighted by molar-refractivity contribution is 5.99.